The molecular weight excluding hydrogens is 494 g/mol. The summed E-state index contributed by atoms with van der Waals surface area (Å²) in [5.41, 5.74) is 1.08. The van der Waals surface area contributed by atoms with Crippen molar-refractivity contribution >= 4 is 35.1 Å². The van der Waals surface area contributed by atoms with Crippen LogP contribution in [-0.4, -0.2) is 32.8 Å². The van der Waals surface area contributed by atoms with Gasteiger partial charge in [0.2, 0.25) is 5.91 Å². The molecule has 2 aromatic carbocycles. The smallest absolute Gasteiger partial charge is 0.406 e. The van der Waals surface area contributed by atoms with Crippen molar-refractivity contribution in [2.24, 2.45) is 0 Å². The molecule has 0 aliphatic carbocycles. The predicted octanol–water partition coefficient (Wildman–Crippen LogP) is 5.04. The number of anilines is 1. The van der Waals surface area contributed by atoms with Crippen LogP contribution in [0.3, 0.4) is 0 Å². The zero-order chi connectivity index (χ0) is 24.5. The first-order valence-corrected chi connectivity index (χ1v) is 11.8. The Bertz CT molecular complexity index is 1260. The van der Waals surface area contributed by atoms with Crippen molar-refractivity contribution in [3.63, 3.8) is 0 Å². The highest BCUT2D eigenvalue weighted by atomic mass is 32.2. The molecule has 2 heterocycles. The third-order valence-electron chi connectivity index (χ3n) is 4.67. The SMILES string of the molecule is CC1Cc2nc(SCC(=O)Nc3ccc(OC(F)(F)F)cc3)n(-c3ccc(F)cc3)c(=O)c2S1. The highest BCUT2D eigenvalue weighted by molar-refractivity contribution is 8.00. The van der Waals surface area contributed by atoms with E-state index in [9.17, 15) is 27.2 Å². The lowest BCUT2D eigenvalue weighted by atomic mass is 10.2. The second-order valence-electron chi connectivity index (χ2n) is 7.33. The molecule has 1 amide bonds. The van der Waals surface area contributed by atoms with Crippen molar-refractivity contribution in [2.75, 3.05) is 11.1 Å². The Morgan fingerprint density at radius 1 is 1.21 bits per heavy atom. The minimum atomic E-state index is -4.80. The van der Waals surface area contributed by atoms with Gasteiger partial charge in [0.15, 0.2) is 5.16 Å². The van der Waals surface area contributed by atoms with Gasteiger partial charge >= 0.3 is 6.36 Å². The summed E-state index contributed by atoms with van der Waals surface area (Å²) in [5, 5.41) is 3.05. The predicted molar refractivity (Wildman–Crippen MR) is 121 cm³/mol. The van der Waals surface area contributed by atoms with E-state index in [-0.39, 0.29) is 27.4 Å². The van der Waals surface area contributed by atoms with Crippen LogP contribution in [0.1, 0.15) is 12.6 Å². The molecule has 6 nitrogen and oxygen atoms in total. The molecule has 1 aromatic heterocycles. The number of nitrogens with one attached hydrogen (secondary N) is 1. The zero-order valence-electron chi connectivity index (χ0n) is 17.6. The Labute approximate surface area is 199 Å². The molecule has 0 bridgehead atoms. The number of fused-ring (bicyclic) bond motifs is 1. The number of halogens is 4. The largest absolute Gasteiger partial charge is 0.573 e. The number of aromatic nitrogens is 2. The van der Waals surface area contributed by atoms with E-state index < -0.39 is 23.8 Å². The number of thioether (sulfide) groups is 2. The standard InChI is InChI=1S/C22H17F4N3O3S2/c1-12-10-17-19(34-12)20(31)29(15-6-2-13(23)3-7-15)21(28-17)33-11-18(30)27-14-4-8-16(9-5-14)32-22(24,25)26/h2-9,12H,10-11H2,1H3,(H,27,30). The molecule has 34 heavy (non-hydrogen) atoms. The fourth-order valence-corrected chi connectivity index (χ4v) is 5.21. The Kier molecular flexibility index (Phi) is 6.89. The first kappa shape index (κ1) is 24.1. The molecular formula is C22H17F4N3O3S2. The van der Waals surface area contributed by atoms with Crippen molar-refractivity contribution in [1.82, 2.24) is 9.55 Å². The van der Waals surface area contributed by atoms with Crippen LogP contribution in [0.25, 0.3) is 5.69 Å². The maximum atomic E-state index is 13.4. The van der Waals surface area contributed by atoms with Gasteiger partial charge in [-0.25, -0.2) is 9.37 Å². The number of carbonyl (C=O) groups is 1. The van der Waals surface area contributed by atoms with Gasteiger partial charge in [0, 0.05) is 17.4 Å². The van der Waals surface area contributed by atoms with E-state index in [0.717, 1.165) is 23.9 Å². The molecule has 4 rings (SSSR count). The van der Waals surface area contributed by atoms with Crippen molar-refractivity contribution in [2.45, 2.75) is 35.0 Å². The van der Waals surface area contributed by atoms with Gasteiger partial charge in [0.05, 0.1) is 22.0 Å². The third-order valence-corrected chi connectivity index (χ3v) is 6.82. The average Bonchev–Trinajstić information content (AvgIpc) is 3.14. The van der Waals surface area contributed by atoms with Gasteiger partial charge in [0.25, 0.3) is 5.56 Å². The summed E-state index contributed by atoms with van der Waals surface area (Å²) in [7, 11) is 0. The zero-order valence-corrected chi connectivity index (χ0v) is 19.2. The number of carbonyl (C=O) groups excluding carboxylic acids is 1. The molecule has 3 aromatic rings. The van der Waals surface area contributed by atoms with Crippen LogP contribution in [0.2, 0.25) is 0 Å². The van der Waals surface area contributed by atoms with Crippen LogP contribution in [0.4, 0.5) is 23.2 Å². The van der Waals surface area contributed by atoms with Crippen molar-refractivity contribution < 1.29 is 27.1 Å². The van der Waals surface area contributed by atoms with E-state index in [1.165, 1.54) is 52.7 Å². The van der Waals surface area contributed by atoms with Crippen LogP contribution in [0.5, 0.6) is 5.75 Å². The van der Waals surface area contributed by atoms with Crippen LogP contribution in [-0.2, 0) is 11.2 Å². The number of ether oxygens (including phenoxy) is 1. The second-order valence-corrected chi connectivity index (χ2v) is 9.72. The minimum Gasteiger partial charge on any atom is -0.406 e. The summed E-state index contributed by atoms with van der Waals surface area (Å²) in [6, 6.07) is 10.1. The molecule has 1 unspecified atom stereocenters. The van der Waals surface area contributed by atoms with Crippen LogP contribution in [0, 0.1) is 5.82 Å². The third kappa shape index (κ3) is 5.73. The first-order valence-electron chi connectivity index (χ1n) is 9.96. The van der Waals surface area contributed by atoms with Crippen LogP contribution >= 0.6 is 23.5 Å². The number of hydrogen-bond acceptors (Lipinski definition) is 6. The lowest BCUT2D eigenvalue weighted by molar-refractivity contribution is -0.274. The maximum Gasteiger partial charge on any atom is 0.573 e. The van der Waals surface area contributed by atoms with Crippen molar-refractivity contribution in [1.29, 1.82) is 0 Å². The van der Waals surface area contributed by atoms with Crippen LogP contribution < -0.4 is 15.6 Å². The molecule has 178 valence electrons. The topological polar surface area (TPSA) is 73.2 Å². The highest BCUT2D eigenvalue weighted by Gasteiger charge is 2.31. The van der Waals surface area contributed by atoms with E-state index in [0.29, 0.717) is 22.7 Å². The van der Waals surface area contributed by atoms with Gasteiger partial charge in [-0.1, -0.05) is 18.7 Å². The van der Waals surface area contributed by atoms with Gasteiger partial charge in [-0.15, -0.1) is 24.9 Å². The summed E-state index contributed by atoms with van der Waals surface area (Å²) in [6.45, 7) is 1.99. The molecule has 0 fully saturated rings. The Morgan fingerprint density at radius 2 is 1.88 bits per heavy atom. The lowest BCUT2D eigenvalue weighted by Crippen LogP contribution is -2.24. The number of nitrogens with zero attached hydrogens (tertiary/aromatic N) is 2. The molecule has 0 saturated heterocycles. The van der Waals surface area contributed by atoms with Gasteiger partial charge in [-0.05, 0) is 48.5 Å². The summed E-state index contributed by atoms with van der Waals surface area (Å²) in [6.07, 6.45) is -4.19. The van der Waals surface area contributed by atoms with Gasteiger partial charge in [-0.2, -0.15) is 0 Å². The highest BCUT2D eigenvalue weighted by Crippen LogP contribution is 2.35. The van der Waals surface area contributed by atoms with Gasteiger partial charge in [0.1, 0.15) is 11.6 Å². The molecule has 0 spiro atoms. The van der Waals surface area contributed by atoms with E-state index in [1.54, 1.807) is 0 Å². The van der Waals surface area contributed by atoms with Gasteiger partial charge in [-0.3, -0.25) is 14.2 Å². The van der Waals surface area contributed by atoms with Crippen LogP contribution in [0.15, 0.2) is 63.4 Å². The maximum absolute atomic E-state index is 13.4. The Balaban J connectivity index is 1.52. The van der Waals surface area contributed by atoms with E-state index >= 15 is 0 Å². The molecule has 0 saturated carbocycles. The molecule has 12 heteroatoms. The number of amides is 1. The Hall–Kier alpha value is -2.99. The molecule has 1 atom stereocenters. The van der Waals surface area contributed by atoms with E-state index in [1.807, 2.05) is 6.92 Å². The summed E-state index contributed by atoms with van der Waals surface area (Å²) >= 11 is 2.46. The van der Waals surface area contributed by atoms with E-state index in [4.69, 9.17) is 0 Å². The average molecular weight is 512 g/mol. The molecule has 1 N–H and O–H groups in total. The molecule has 0 radical (unpaired) electrons. The summed E-state index contributed by atoms with van der Waals surface area (Å²) in [4.78, 5) is 30.8. The van der Waals surface area contributed by atoms with E-state index in [2.05, 4.69) is 15.0 Å². The lowest BCUT2D eigenvalue weighted by Gasteiger charge is -2.14. The summed E-state index contributed by atoms with van der Waals surface area (Å²) in [5.74, 6) is -1.42. The normalized spacial score (nSPS) is 15.1. The minimum absolute atomic E-state index is 0.115. The number of alkyl halides is 3. The first-order chi connectivity index (χ1) is 16.1. The number of hydrogen-bond donors (Lipinski definition) is 1. The second kappa shape index (κ2) is 9.71. The number of benzene rings is 2. The monoisotopic (exact) mass is 511 g/mol. The summed E-state index contributed by atoms with van der Waals surface area (Å²) < 4.78 is 55.4. The van der Waals surface area contributed by atoms with Crippen molar-refractivity contribution in [3.05, 3.63) is 70.4 Å². The number of rotatable bonds is 6. The fraction of sp³-hybridized carbons (Fsp3) is 0.227. The van der Waals surface area contributed by atoms with Crippen molar-refractivity contribution in [3.8, 4) is 11.4 Å². The molecule has 1 aliphatic rings. The molecule has 1 aliphatic heterocycles. The quantitative estimate of drug-likeness (QED) is 0.284. The Morgan fingerprint density at radius 3 is 2.53 bits per heavy atom. The fourth-order valence-electron chi connectivity index (χ4n) is 3.28. The van der Waals surface area contributed by atoms with Gasteiger partial charge < -0.3 is 10.1 Å².